The van der Waals surface area contributed by atoms with Crippen molar-refractivity contribution < 1.29 is 29.4 Å². The molecule has 0 radical (unpaired) electrons. The van der Waals surface area contributed by atoms with Crippen molar-refractivity contribution in [2.45, 2.75) is 18.9 Å². The van der Waals surface area contributed by atoms with Gasteiger partial charge < -0.3 is 24.4 Å². The Balaban J connectivity index is 1.57. The number of amides is 1. The average Bonchev–Trinajstić information content (AvgIpc) is 2.96. The molecule has 10 heteroatoms. The van der Waals surface area contributed by atoms with Crippen LogP contribution in [-0.2, 0) is 14.5 Å². The van der Waals surface area contributed by atoms with Crippen molar-refractivity contribution in [3.63, 3.8) is 0 Å². The van der Waals surface area contributed by atoms with Crippen molar-refractivity contribution in [3.05, 3.63) is 92.5 Å². The molecule has 0 spiro atoms. The van der Waals surface area contributed by atoms with Crippen LogP contribution < -0.4 is 15.3 Å². The monoisotopic (exact) mass is 541 g/mol. The number of aromatic hydroxyl groups is 1. The molecule has 1 saturated heterocycles. The minimum Gasteiger partial charge on any atom is -0.504 e. The summed E-state index contributed by atoms with van der Waals surface area (Å²) in [5.74, 6) is 0.198. The third-order valence-electron chi connectivity index (χ3n) is 7.75. The summed E-state index contributed by atoms with van der Waals surface area (Å²) in [5, 5.41) is 30.0. The van der Waals surface area contributed by atoms with Crippen LogP contribution in [0.3, 0.4) is 0 Å². The van der Waals surface area contributed by atoms with Crippen molar-refractivity contribution in [2.24, 2.45) is 11.1 Å². The lowest BCUT2D eigenvalue weighted by Crippen LogP contribution is -2.43. The molecular formula is C30H27N3O7. The molecule has 2 bridgehead atoms. The number of ether oxygens (including phenoxy) is 1. The molecule has 1 amide bonds. The molecule has 0 aromatic heterocycles. The van der Waals surface area contributed by atoms with Crippen LogP contribution in [0.1, 0.15) is 30.0 Å². The normalized spacial score (nSPS) is 20.0. The molecule has 4 aromatic carbocycles. The van der Waals surface area contributed by atoms with E-state index in [4.69, 9.17) is 9.57 Å². The molecule has 2 atom stereocenters. The Morgan fingerprint density at radius 3 is 2.70 bits per heavy atom. The fraction of sp³-hybridized carbons (Fsp3) is 0.267. The number of carbonyl (C=O) groups excluding carboxylic acids is 1. The molecule has 2 heterocycles. The van der Waals surface area contributed by atoms with E-state index in [1.807, 2.05) is 54.6 Å². The largest absolute Gasteiger partial charge is 0.504 e. The van der Waals surface area contributed by atoms with Crippen LogP contribution in [0.15, 0.2) is 65.8 Å². The van der Waals surface area contributed by atoms with Crippen molar-refractivity contribution in [1.29, 1.82) is 0 Å². The van der Waals surface area contributed by atoms with Gasteiger partial charge in [-0.25, -0.2) is 0 Å². The van der Waals surface area contributed by atoms with Gasteiger partial charge in [-0.15, -0.1) is 10.1 Å². The van der Waals surface area contributed by atoms with E-state index >= 15 is 0 Å². The summed E-state index contributed by atoms with van der Waals surface area (Å²) in [6, 6.07) is 18.9. The molecule has 4 aromatic rings. The topological polar surface area (TPSA) is 124 Å². The molecule has 6 rings (SSSR count). The first-order valence-electron chi connectivity index (χ1n) is 13.0. The van der Waals surface area contributed by atoms with E-state index in [0.717, 1.165) is 37.9 Å². The number of phenolic OH excluding ortho intramolecular Hbond substituents is 1. The smallest absolute Gasteiger partial charge is 0.294 e. The summed E-state index contributed by atoms with van der Waals surface area (Å²) in [6.45, 7) is 0.238. The molecule has 1 fully saturated rings. The summed E-state index contributed by atoms with van der Waals surface area (Å²) in [5.41, 5.74) is 1.72. The molecule has 204 valence electrons. The fourth-order valence-corrected chi connectivity index (χ4v) is 5.84. The second-order valence-corrected chi connectivity index (χ2v) is 10.1. The zero-order chi connectivity index (χ0) is 27.8. The summed E-state index contributed by atoms with van der Waals surface area (Å²) in [6.07, 6.45) is 3.15. The van der Waals surface area contributed by atoms with Gasteiger partial charge in [0.15, 0.2) is 18.1 Å². The van der Waals surface area contributed by atoms with Crippen LogP contribution in [0.4, 0.5) is 0 Å². The predicted molar refractivity (Wildman–Crippen MR) is 147 cm³/mol. The van der Waals surface area contributed by atoms with Crippen molar-refractivity contribution in [1.82, 2.24) is 4.90 Å². The van der Waals surface area contributed by atoms with Gasteiger partial charge in [0, 0.05) is 17.3 Å². The first kappa shape index (κ1) is 25.4. The second-order valence-electron chi connectivity index (χ2n) is 10.1. The first-order chi connectivity index (χ1) is 19.4. The molecular weight excluding hydrogens is 514 g/mol. The highest BCUT2D eigenvalue weighted by atomic mass is 16.9. The van der Waals surface area contributed by atoms with E-state index in [1.165, 1.54) is 7.11 Å². The Labute approximate surface area is 228 Å². The Hall–Kier alpha value is -4.86. The van der Waals surface area contributed by atoms with Crippen LogP contribution >= 0.6 is 0 Å². The maximum absolute atomic E-state index is 13.1. The van der Waals surface area contributed by atoms with Crippen molar-refractivity contribution in [3.8, 4) is 11.5 Å². The number of fused-ring (bicyclic) bond motifs is 5. The Morgan fingerprint density at radius 2 is 1.93 bits per heavy atom. The van der Waals surface area contributed by atoms with E-state index in [2.05, 4.69) is 9.99 Å². The van der Waals surface area contributed by atoms with E-state index in [9.17, 15) is 20.0 Å². The summed E-state index contributed by atoms with van der Waals surface area (Å²) < 4.78 is 5.20. The van der Waals surface area contributed by atoms with E-state index in [1.54, 1.807) is 17.0 Å². The van der Waals surface area contributed by atoms with Gasteiger partial charge >= 0.3 is 0 Å². The summed E-state index contributed by atoms with van der Waals surface area (Å²) >= 11 is 0. The van der Waals surface area contributed by atoms with E-state index < -0.39 is 5.09 Å². The van der Waals surface area contributed by atoms with Crippen LogP contribution in [0, 0.1) is 16.0 Å². The van der Waals surface area contributed by atoms with Gasteiger partial charge in [-0.3, -0.25) is 4.79 Å². The van der Waals surface area contributed by atoms with Crippen LogP contribution in [0.25, 0.3) is 27.6 Å². The van der Waals surface area contributed by atoms with Gasteiger partial charge in [0.2, 0.25) is 0 Å². The average molecular weight is 542 g/mol. The Kier molecular flexibility index (Phi) is 6.59. The fourth-order valence-electron chi connectivity index (χ4n) is 5.84. The van der Waals surface area contributed by atoms with E-state index in [0.29, 0.717) is 30.5 Å². The number of hydrogen-bond acceptors (Lipinski definition) is 8. The molecule has 2 aliphatic heterocycles. The Morgan fingerprint density at radius 1 is 1.12 bits per heavy atom. The van der Waals surface area contributed by atoms with Crippen molar-refractivity contribution >= 4 is 33.5 Å². The molecule has 0 aliphatic carbocycles. The number of hydrogen-bond donors (Lipinski definition) is 1. The maximum atomic E-state index is 13.1. The SMILES string of the molecule is COc1ccc(/C=c2/c3ccccc3/c3c4cc(ccc24)C2CC(CO[N+](=O)[O-])CCN2C(=O)CO\N=3)cc1O. The van der Waals surface area contributed by atoms with Crippen LogP contribution in [0.5, 0.6) is 11.5 Å². The highest BCUT2D eigenvalue weighted by molar-refractivity contribution is 6.00. The van der Waals surface area contributed by atoms with Crippen LogP contribution in [0.2, 0.25) is 0 Å². The predicted octanol–water partition coefficient (Wildman–Crippen LogP) is 3.59. The highest BCUT2D eigenvalue weighted by Gasteiger charge is 2.34. The first-order valence-corrected chi connectivity index (χ1v) is 13.0. The standard InChI is InChI=1S/C30H27N3O7/c1-38-28-9-6-18(14-27(28)34)12-24-21-4-2-3-5-23(21)30-25-15-20(7-8-22(24)25)26-13-19(16-40-33(36)37)10-11-32(26)29(35)17-39-31-30/h2-9,12,14-15,19,26,34H,10-11,13,16-17H2,1H3/b24-12-,31-30-. The minimum absolute atomic E-state index is 0.00531. The van der Waals surface area contributed by atoms with Gasteiger partial charge in [-0.2, -0.15) is 0 Å². The molecule has 0 saturated carbocycles. The zero-order valence-corrected chi connectivity index (χ0v) is 21.8. The van der Waals surface area contributed by atoms with Crippen LogP contribution in [-0.4, -0.2) is 47.9 Å². The van der Waals surface area contributed by atoms with Gasteiger partial charge in [0.25, 0.3) is 11.0 Å². The summed E-state index contributed by atoms with van der Waals surface area (Å²) in [4.78, 5) is 36.0. The lowest BCUT2D eigenvalue weighted by atomic mass is 9.86. The lowest BCUT2D eigenvalue weighted by molar-refractivity contribution is -0.759. The maximum Gasteiger partial charge on any atom is 0.294 e. The third kappa shape index (κ3) is 4.61. The third-order valence-corrected chi connectivity index (χ3v) is 7.75. The van der Waals surface area contributed by atoms with Gasteiger partial charge in [0.05, 0.1) is 19.8 Å². The molecule has 10 nitrogen and oxygen atoms in total. The molecule has 2 unspecified atom stereocenters. The number of phenols is 1. The number of benzene rings is 4. The minimum atomic E-state index is -0.770. The number of nitrogens with zero attached hydrogens (tertiary/aromatic N) is 3. The van der Waals surface area contributed by atoms with Gasteiger partial charge in [-0.05, 0) is 70.2 Å². The van der Waals surface area contributed by atoms with Crippen molar-refractivity contribution in [2.75, 3.05) is 26.9 Å². The molecule has 40 heavy (non-hydrogen) atoms. The lowest BCUT2D eigenvalue weighted by Gasteiger charge is -2.39. The number of carbonyl (C=O) groups is 1. The van der Waals surface area contributed by atoms with Gasteiger partial charge in [-0.1, -0.05) is 47.6 Å². The Bertz CT molecular complexity index is 1770. The quantitative estimate of drug-likeness (QED) is 0.233. The molecule has 2 aliphatic rings. The highest BCUT2D eigenvalue weighted by Crippen LogP contribution is 2.36. The van der Waals surface area contributed by atoms with Gasteiger partial charge in [0.1, 0.15) is 5.36 Å². The van der Waals surface area contributed by atoms with E-state index in [-0.39, 0.29) is 36.8 Å². The number of rotatable bonds is 5. The molecule has 1 N–H and O–H groups in total. The number of piperidine rings is 1. The zero-order valence-electron chi connectivity index (χ0n) is 21.8. The second kappa shape index (κ2) is 10.4. The summed E-state index contributed by atoms with van der Waals surface area (Å²) in [7, 11) is 1.51. The number of methoxy groups -OCH3 is 1.